The number of hydrogen-bond donors (Lipinski definition) is 3. The highest BCUT2D eigenvalue weighted by Gasteiger charge is 2.25. The molecular weight excluding hydrogens is 356 g/mol. The Morgan fingerprint density at radius 1 is 1.18 bits per heavy atom. The number of amides is 2. The molecule has 1 aromatic rings. The van der Waals surface area contributed by atoms with Crippen molar-refractivity contribution in [3.63, 3.8) is 0 Å². The Morgan fingerprint density at radius 3 is 2.71 bits per heavy atom. The van der Waals surface area contributed by atoms with E-state index in [0.717, 1.165) is 56.6 Å². The van der Waals surface area contributed by atoms with Gasteiger partial charge in [-0.25, -0.2) is 0 Å². The highest BCUT2D eigenvalue weighted by atomic mass is 16.5. The van der Waals surface area contributed by atoms with Crippen LogP contribution in [0.2, 0.25) is 0 Å². The summed E-state index contributed by atoms with van der Waals surface area (Å²) in [5, 5.41) is 9.30. The molecule has 0 bridgehead atoms. The number of nitrogens with one attached hydrogen (secondary N) is 3. The molecular formula is C21H32N4O3. The highest BCUT2D eigenvalue weighted by molar-refractivity contribution is 5.82. The fraction of sp³-hybridized carbons (Fsp3) is 0.619. The molecule has 7 nitrogen and oxygen atoms in total. The lowest BCUT2D eigenvalue weighted by Gasteiger charge is -2.32. The third kappa shape index (κ3) is 6.21. The summed E-state index contributed by atoms with van der Waals surface area (Å²) in [6.07, 6.45) is 4.16. The molecule has 2 saturated heterocycles. The maximum absolute atomic E-state index is 12.3. The molecule has 0 saturated carbocycles. The van der Waals surface area contributed by atoms with E-state index < -0.39 is 0 Å². The van der Waals surface area contributed by atoms with E-state index in [9.17, 15) is 9.59 Å². The van der Waals surface area contributed by atoms with Crippen LogP contribution >= 0.6 is 0 Å². The Labute approximate surface area is 167 Å². The molecule has 28 heavy (non-hydrogen) atoms. The molecule has 0 aliphatic carbocycles. The zero-order valence-corrected chi connectivity index (χ0v) is 16.7. The van der Waals surface area contributed by atoms with Gasteiger partial charge in [0.05, 0.1) is 19.7 Å². The molecule has 2 unspecified atom stereocenters. The van der Waals surface area contributed by atoms with Gasteiger partial charge in [0.1, 0.15) is 5.75 Å². The Bertz CT molecular complexity index is 644. The predicted molar refractivity (Wildman–Crippen MR) is 108 cm³/mol. The molecule has 3 N–H and O–H groups in total. The van der Waals surface area contributed by atoms with Gasteiger partial charge < -0.3 is 20.7 Å². The molecule has 2 atom stereocenters. The summed E-state index contributed by atoms with van der Waals surface area (Å²) in [5.41, 5.74) is 1.05. The van der Waals surface area contributed by atoms with Gasteiger partial charge in [-0.1, -0.05) is 12.1 Å². The van der Waals surface area contributed by atoms with Gasteiger partial charge in [0.15, 0.2) is 0 Å². The molecule has 3 rings (SSSR count). The lowest BCUT2D eigenvalue weighted by Crippen LogP contribution is -2.47. The Balaban J connectivity index is 1.36. The van der Waals surface area contributed by atoms with Gasteiger partial charge in [0.2, 0.25) is 11.8 Å². The number of carbonyl (C=O) groups is 2. The van der Waals surface area contributed by atoms with E-state index in [-0.39, 0.29) is 17.9 Å². The number of methoxy groups -OCH3 is 1. The summed E-state index contributed by atoms with van der Waals surface area (Å²) in [6, 6.07) is 7.68. The molecule has 2 aliphatic heterocycles. The van der Waals surface area contributed by atoms with E-state index in [1.165, 1.54) is 0 Å². The number of rotatable bonds is 8. The molecule has 154 valence electrons. The Kier molecular flexibility index (Phi) is 7.68. The normalized spacial score (nSPS) is 22.6. The number of carbonyl (C=O) groups excluding carboxylic acids is 2. The van der Waals surface area contributed by atoms with Crippen molar-refractivity contribution >= 4 is 11.8 Å². The summed E-state index contributed by atoms with van der Waals surface area (Å²) in [4.78, 5) is 26.6. The quantitative estimate of drug-likeness (QED) is 0.616. The van der Waals surface area contributed by atoms with Crippen molar-refractivity contribution in [3.05, 3.63) is 29.8 Å². The summed E-state index contributed by atoms with van der Waals surface area (Å²) >= 11 is 0. The summed E-state index contributed by atoms with van der Waals surface area (Å²) < 4.78 is 5.15. The van der Waals surface area contributed by atoms with Crippen LogP contribution in [-0.4, -0.2) is 62.6 Å². The monoisotopic (exact) mass is 388 g/mol. The zero-order chi connectivity index (χ0) is 19.8. The minimum absolute atomic E-state index is 0.0246. The molecule has 0 radical (unpaired) electrons. The third-order valence-corrected chi connectivity index (χ3v) is 5.56. The molecule has 2 aliphatic rings. The van der Waals surface area contributed by atoms with Crippen molar-refractivity contribution in [2.45, 2.75) is 38.3 Å². The minimum Gasteiger partial charge on any atom is -0.497 e. The van der Waals surface area contributed by atoms with Crippen molar-refractivity contribution in [1.29, 1.82) is 0 Å². The largest absolute Gasteiger partial charge is 0.497 e. The minimum atomic E-state index is -0.0246. The average Bonchev–Trinajstić information content (AvgIpc) is 3.26. The first-order chi connectivity index (χ1) is 13.6. The van der Waals surface area contributed by atoms with E-state index in [1.54, 1.807) is 7.11 Å². The highest BCUT2D eigenvalue weighted by Crippen LogP contribution is 2.16. The summed E-state index contributed by atoms with van der Waals surface area (Å²) in [7, 11) is 1.64. The van der Waals surface area contributed by atoms with Crippen molar-refractivity contribution in [1.82, 2.24) is 20.9 Å². The fourth-order valence-electron chi connectivity index (χ4n) is 3.94. The van der Waals surface area contributed by atoms with Gasteiger partial charge in [-0.2, -0.15) is 0 Å². The number of ether oxygens (including phenoxy) is 1. The Morgan fingerprint density at radius 2 is 2.00 bits per heavy atom. The zero-order valence-electron chi connectivity index (χ0n) is 16.7. The van der Waals surface area contributed by atoms with Crippen molar-refractivity contribution in [3.8, 4) is 5.75 Å². The average molecular weight is 389 g/mol. The smallest absolute Gasteiger partial charge is 0.237 e. The number of piperidine rings is 1. The maximum Gasteiger partial charge on any atom is 0.237 e. The van der Waals surface area contributed by atoms with Gasteiger partial charge in [-0.15, -0.1) is 0 Å². The molecule has 0 spiro atoms. The topological polar surface area (TPSA) is 82.7 Å². The van der Waals surface area contributed by atoms with Gasteiger partial charge in [-0.3, -0.25) is 14.5 Å². The van der Waals surface area contributed by atoms with Gasteiger partial charge in [-0.05, 0) is 62.4 Å². The second-order valence-corrected chi connectivity index (χ2v) is 7.76. The number of likely N-dealkylation sites (tertiary alicyclic amines) is 1. The standard InChI is InChI=1S/C21H32N4O3/c1-28-18-8-6-16(7-9-18)12-23-20(26)15-25-11-3-4-17(14-25)13-24-21(27)19-5-2-10-22-19/h6-9,17,19,22H,2-5,10-15H2,1H3,(H,23,26)(H,24,27). The first-order valence-electron chi connectivity index (χ1n) is 10.3. The van der Waals surface area contributed by atoms with Crippen LogP contribution in [0.15, 0.2) is 24.3 Å². The molecule has 7 heteroatoms. The molecule has 0 aromatic heterocycles. The first kappa shape index (κ1) is 20.6. The summed E-state index contributed by atoms with van der Waals surface area (Å²) in [5.74, 6) is 1.38. The van der Waals surface area contributed by atoms with Crippen LogP contribution in [0.3, 0.4) is 0 Å². The van der Waals surface area contributed by atoms with Crippen LogP contribution in [0.4, 0.5) is 0 Å². The van der Waals surface area contributed by atoms with Crippen LogP contribution < -0.4 is 20.7 Å². The van der Waals surface area contributed by atoms with Crippen LogP contribution in [0.25, 0.3) is 0 Å². The SMILES string of the molecule is COc1ccc(CNC(=O)CN2CCCC(CNC(=O)C3CCCN3)C2)cc1. The molecule has 2 amide bonds. The van der Waals surface area contributed by atoms with Crippen LogP contribution in [0.1, 0.15) is 31.2 Å². The van der Waals surface area contributed by atoms with Gasteiger partial charge >= 0.3 is 0 Å². The number of nitrogens with zero attached hydrogens (tertiary/aromatic N) is 1. The van der Waals surface area contributed by atoms with E-state index in [2.05, 4.69) is 20.9 Å². The van der Waals surface area contributed by atoms with Gasteiger partial charge in [0.25, 0.3) is 0 Å². The predicted octanol–water partition coefficient (Wildman–Crippen LogP) is 0.892. The van der Waals surface area contributed by atoms with E-state index in [0.29, 0.717) is 25.6 Å². The molecule has 1 aromatic carbocycles. The third-order valence-electron chi connectivity index (χ3n) is 5.56. The lowest BCUT2D eigenvalue weighted by atomic mass is 9.98. The Hall–Kier alpha value is -2.12. The summed E-state index contributed by atoms with van der Waals surface area (Å²) in [6.45, 7) is 4.34. The van der Waals surface area contributed by atoms with Crippen LogP contribution in [0, 0.1) is 5.92 Å². The molecule has 2 fully saturated rings. The van der Waals surface area contributed by atoms with Crippen molar-refractivity contribution < 1.29 is 14.3 Å². The van der Waals surface area contributed by atoms with Crippen molar-refractivity contribution in [2.75, 3.05) is 39.8 Å². The van der Waals surface area contributed by atoms with Crippen LogP contribution in [0.5, 0.6) is 5.75 Å². The number of benzene rings is 1. The fourth-order valence-corrected chi connectivity index (χ4v) is 3.94. The lowest BCUT2D eigenvalue weighted by molar-refractivity contribution is -0.124. The first-order valence-corrected chi connectivity index (χ1v) is 10.3. The van der Waals surface area contributed by atoms with Gasteiger partial charge in [0, 0.05) is 19.6 Å². The second kappa shape index (κ2) is 10.4. The van der Waals surface area contributed by atoms with Crippen LogP contribution in [-0.2, 0) is 16.1 Å². The maximum atomic E-state index is 12.3. The number of hydrogen-bond acceptors (Lipinski definition) is 5. The van der Waals surface area contributed by atoms with Crippen molar-refractivity contribution in [2.24, 2.45) is 5.92 Å². The van der Waals surface area contributed by atoms with E-state index in [4.69, 9.17) is 4.74 Å². The second-order valence-electron chi connectivity index (χ2n) is 7.76. The van der Waals surface area contributed by atoms with E-state index >= 15 is 0 Å². The van der Waals surface area contributed by atoms with E-state index in [1.807, 2.05) is 24.3 Å². The molecule has 2 heterocycles.